The summed E-state index contributed by atoms with van der Waals surface area (Å²) in [6.45, 7) is 3.06. The van der Waals surface area contributed by atoms with Crippen molar-refractivity contribution in [2.24, 2.45) is 5.73 Å². The largest absolute Gasteiger partial charge is 0.385 e. The molecule has 1 atom stereocenters. The lowest BCUT2D eigenvalue weighted by Crippen LogP contribution is -2.15. The van der Waals surface area contributed by atoms with E-state index in [2.05, 4.69) is 36.5 Å². The van der Waals surface area contributed by atoms with Crippen molar-refractivity contribution in [3.8, 4) is 0 Å². The van der Waals surface area contributed by atoms with Gasteiger partial charge in [0.15, 0.2) is 0 Å². The van der Waals surface area contributed by atoms with Crippen molar-refractivity contribution in [1.82, 2.24) is 0 Å². The van der Waals surface area contributed by atoms with Gasteiger partial charge >= 0.3 is 0 Å². The number of hydrogen-bond donors (Lipinski definition) is 2. The van der Waals surface area contributed by atoms with Gasteiger partial charge in [-0.2, -0.15) is 0 Å². The maximum atomic E-state index is 13.0. The van der Waals surface area contributed by atoms with Crippen molar-refractivity contribution in [2.75, 3.05) is 11.9 Å². The standard InChI is InChI=1S/C23H33FN2.2ClH/c1-2-3-4-5-6-7-8-19-9-15-22(16-10-19)26-18-17-23(25)20-11-13-21(24)14-12-20;;/h9-16,23,26H,2-8,17-18,25H2,1H3;2*1H. The summed E-state index contributed by atoms with van der Waals surface area (Å²) in [5.74, 6) is -0.222. The fourth-order valence-electron chi connectivity index (χ4n) is 3.15. The molecular weight excluding hydrogens is 394 g/mol. The van der Waals surface area contributed by atoms with Crippen LogP contribution in [0.4, 0.5) is 10.1 Å². The lowest BCUT2D eigenvalue weighted by atomic mass is 10.0. The summed E-state index contributed by atoms with van der Waals surface area (Å²) in [4.78, 5) is 0. The Hall–Kier alpha value is -1.29. The second-order valence-corrected chi connectivity index (χ2v) is 7.09. The van der Waals surface area contributed by atoms with E-state index in [1.165, 1.54) is 62.6 Å². The van der Waals surface area contributed by atoms with Crippen molar-refractivity contribution in [3.63, 3.8) is 0 Å². The first-order valence-corrected chi connectivity index (χ1v) is 10.0. The third-order valence-corrected chi connectivity index (χ3v) is 4.86. The number of unbranched alkanes of at least 4 members (excludes halogenated alkanes) is 5. The maximum Gasteiger partial charge on any atom is 0.123 e. The summed E-state index contributed by atoms with van der Waals surface area (Å²) in [7, 11) is 0. The van der Waals surface area contributed by atoms with Crippen molar-refractivity contribution in [2.45, 2.75) is 64.3 Å². The van der Waals surface area contributed by atoms with Gasteiger partial charge in [0, 0.05) is 18.3 Å². The molecule has 2 nitrogen and oxygen atoms in total. The number of anilines is 1. The fourth-order valence-corrected chi connectivity index (χ4v) is 3.15. The Morgan fingerprint density at radius 2 is 1.46 bits per heavy atom. The van der Waals surface area contributed by atoms with E-state index in [1.54, 1.807) is 12.1 Å². The van der Waals surface area contributed by atoms with E-state index in [1.807, 2.05) is 0 Å². The van der Waals surface area contributed by atoms with Crippen molar-refractivity contribution in [1.29, 1.82) is 0 Å². The first-order chi connectivity index (χ1) is 12.7. The Balaban J connectivity index is 0.00000364. The number of nitrogens with one attached hydrogen (secondary N) is 1. The molecule has 0 bridgehead atoms. The summed E-state index contributed by atoms with van der Waals surface area (Å²) < 4.78 is 13.0. The quantitative estimate of drug-likeness (QED) is 0.354. The van der Waals surface area contributed by atoms with E-state index in [0.717, 1.165) is 24.2 Å². The lowest BCUT2D eigenvalue weighted by Gasteiger charge is -2.13. The highest BCUT2D eigenvalue weighted by Gasteiger charge is 2.05. The Bertz CT molecular complexity index is 618. The second-order valence-electron chi connectivity index (χ2n) is 7.09. The molecule has 0 fully saturated rings. The highest BCUT2D eigenvalue weighted by atomic mass is 35.5. The fraction of sp³-hybridized carbons (Fsp3) is 0.478. The molecular formula is C23H35Cl2FN2. The Morgan fingerprint density at radius 3 is 2.11 bits per heavy atom. The minimum Gasteiger partial charge on any atom is -0.385 e. The molecule has 5 heteroatoms. The van der Waals surface area contributed by atoms with E-state index in [9.17, 15) is 4.39 Å². The molecule has 2 aromatic rings. The van der Waals surface area contributed by atoms with Gasteiger partial charge in [-0.05, 0) is 54.7 Å². The molecule has 0 aliphatic heterocycles. The third kappa shape index (κ3) is 10.3. The molecule has 0 aliphatic carbocycles. The SMILES string of the molecule is CCCCCCCCc1ccc(NCCC(N)c2ccc(F)cc2)cc1.Cl.Cl. The van der Waals surface area contributed by atoms with Crippen LogP contribution in [0.5, 0.6) is 0 Å². The number of hydrogen-bond acceptors (Lipinski definition) is 2. The van der Waals surface area contributed by atoms with E-state index in [-0.39, 0.29) is 36.7 Å². The van der Waals surface area contributed by atoms with Gasteiger partial charge in [-0.15, -0.1) is 24.8 Å². The second kappa shape index (κ2) is 15.6. The Morgan fingerprint density at radius 1 is 0.857 bits per heavy atom. The zero-order valence-electron chi connectivity index (χ0n) is 16.8. The van der Waals surface area contributed by atoms with Gasteiger partial charge in [0.05, 0.1) is 0 Å². The average molecular weight is 429 g/mol. The monoisotopic (exact) mass is 428 g/mol. The van der Waals surface area contributed by atoms with Gasteiger partial charge in [-0.1, -0.05) is 63.3 Å². The number of aryl methyl sites for hydroxylation is 1. The molecule has 158 valence electrons. The van der Waals surface area contributed by atoms with E-state index in [4.69, 9.17) is 5.73 Å². The molecule has 0 saturated carbocycles. The van der Waals surface area contributed by atoms with Gasteiger partial charge in [-0.3, -0.25) is 0 Å². The van der Waals surface area contributed by atoms with Crippen molar-refractivity contribution < 1.29 is 4.39 Å². The van der Waals surface area contributed by atoms with Crippen LogP contribution in [0.2, 0.25) is 0 Å². The predicted octanol–water partition coefficient (Wildman–Crippen LogP) is 7.07. The molecule has 3 N–H and O–H groups in total. The van der Waals surface area contributed by atoms with Crippen LogP contribution < -0.4 is 11.1 Å². The first-order valence-electron chi connectivity index (χ1n) is 10.0. The van der Waals surface area contributed by atoms with E-state index in [0.29, 0.717) is 0 Å². The first kappa shape index (κ1) is 26.7. The minimum atomic E-state index is -0.222. The summed E-state index contributed by atoms with van der Waals surface area (Å²) in [6.07, 6.45) is 10.0. The molecule has 0 amide bonds. The van der Waals surface area contributed by atoms with Crippen molar-refractivity contribution >= 4 is 30.5 Å². The summed E-state index contributed by atoms with van der Waals surface area (Å²) in [5.41, 5.74) is 9.68. The number of benzene rings is 2. The lowest BCUT2D eigenvalue weighted by molar-refractivity contribution is 0.607. The van der Waals surface area contributed by atoms with Crippen LogP contribution in [0.1, 0.15) is 69.0 Å². The highest BCUT2D eigenvalue weighted by Crippen LogP contribution is 2.16. The average Bonchev–Trinajstić information content (AvgIpc) is 2.66. The number of nitrogens with two attached hydrogens (primary N) is 1. The zero-order chi connectivity index (χ0) is 18.6. The van der Waals surface area contributed by atoms with Crippen LogP contribution in [0.15, 0.2) is 48.5 Å². The topological polar surface area (TPSA) is 38.0 Å². The molecule has 0 aliphatic rings. The molecule has 0 saturated heterocycles. The Labute approximate surface area is 182 Å². The normalized spacial score (nSPS) is 11.2. The van der Waals surface area contributed by atoms with Crippen LogP contribution >= 0.6 is 24.8 Å². The smallest absolute Gasteiger partial charge is 0.123 e. The molecule has 0 heterocycles. The molecule has 28 heavy (non-hydrogen) atoms. The van der Waals surface area contributed by atoms with Crippen molar-refractivity contribution in [3.05, 3.63) is 65.5 Å². The molecule has 2 aromatic carbocycles. The molecule has 2 rings (SSSR count). The van der Waals surface area contributed by atoms with Gasteiger partial charge in [0.25, 0.3) is 0 Å². The van der Waals surface area contributed by atoms with Crippen LogP contribution in [0, 0.1) is 5.82 Å². The molecule has 0 radical (unpaired) electrons. The van der Waals surface area contributed by atoms with Gasteiger partial charge < -0.3 is 11.1 Å². The zero-order valence-corrected chi connectivity index (χ0v) is 18.5. The summed E-state index contributed by atoms with van der Waals surface area (Å²) >= 11 is 0. The van der Waals surface area contributed by atoms with Crippen LogP contribution in [0.3, 0.4) is 0 Å². The van der Waals surface area contributed by atoms with Gasteiger partial charge in [0.1, 0.15) is 5.82 Å². The number of rotatable bonds is 12. The predicted molar refractivity (Wildman–Crippen MR) is 124 cm³/mol. The summed E-state index contributed by atoms with van der Waals surface area (Å²) in [6, 6.07) is 15.1. The molecule has 0 aromatic heterocycles. The molecule has 0 spiro atoms. The minimum absolute atomic E-state index is 0. The van der Waals surface area contributed by atoms with E-state index >= 15 is 0 Å². The maximum absolute atomic E-state index is 13.0. The highest BCUT2D eigenvalue weighted by molar-refractivity contribution is 5.85. The van der Waals surface area contributed by atoms with Crippen LogP contribution in [-0.4, -0.2) is 6.54 Å². The third-order valence-electron chi connectivity index (χ3n) is 4.86. The molecule has 1 unspecified atom stereocenters. The van der Waals surface area contributed by atoms with Gasteiger partial charge in [0.2, 0.25) is 0 Å². The summed E-state index contributed by atoms with van der Waals surface area (Å²) in [5, 5.41) is 3.42. The number of halogens is 3. The van der Waals surface area contributed by atoms with E-state index < -0.39 is 0 Å². The van der Waals surface area contributed by atoms with Crippen LogP contribution in [-0.2, 0) is 6.42 Å². The Kier molecular flexibility index (Phi) is 14.9. The van der Waals surface area contributed by atoms with Crippen LogP contribution in [0.25, 0.3) is 0 Å². The van der Waals surface area contributed by atoms with Gasteiger partial charge in [-0.25, -0.2) is 4.39 Å².